The van der Waals surface area contributed by atoms with Crippen molar-refractivity contribution in [2.75, 3.05) is 26.6 Å². The number of ether oxygens (including phenoxy) is 5. The molecule has 0 atom stereocenters. The van der Waals surface area contributed by atoms with Gasteiger partial charge in [-0.15, -0.1) is 0 Å². The standard InChI is InChI=1S/C18H20O5/c1-2-19-14-4-6-15(7-5-14)20-10-3-11-21-16-8-9-17-18(12-16)23-13-22-17/h4-9,12H,2-3,10-11,13H2,1H3. The fraction of sp³-hybridized carbons (Fsp3) is 0.333. The maximum absolute atomic E-state index is 5.68. The second-order valence-electron chi connectivity index (χ2n) is 4.97. The zero-order valence-electron chi connectivity index (χ0n) is 13.1. The number of hydrogen-bond donors (Lipinski definition) is 0. The number of benzene rings is 2. The van der Waals surface area contributed by atoms with Crippen molar-refractivity contribution in [2.24, 2.45) is 0 Å². The Balaban J connectivity index is 1.37. The van der Waals surface area contributed by atoms with Crippen LogP contribution in [0.25, 0.3) is 0 Å². The molecule has 2 aromatic carbocycles. The fourth-order valence-corrected chi connectivity index (χ4v) is 2.20. The lowest BCUT2D eigenvalue weighted by atomic mass is 10.3. The Labute approximate surface area is 135 Å². The lowest BCUT2D eigenvalue weighted by Crippen LogP contribution is -2.05. The summed E-state index contributed by atoms with van der Waals surface area (Å²) in [6.07, 6.45) is 0.793. The van der Waals surface area contributed by atoms with E-state index >= 15 is 0 Å². The molecular formula is C18H20O5. The smallest absolute Gasteiger partial charge is 0.231 e. The molecule has 1 aliphatic heterocycles. The molecule has 2 aromatic rings. The van der Waals surface area contributed by atoms with Gasteiger partial charge in [0.1, 0.15) is 17.2 Å². The van der Waals surface area contributed by atoms with E-state index in [2.05, 4.69) is 0 Å². The molecular weight excluding hydrogens is 296 g/mol. The largest absolute Gasteiger partial charge is 0.494 e. The van der Waals surface area contributed by atoms with Gasteiger partial charge < -0.3 is 23.7 Å². The summed E-state index contributed by atoms with van der Waals surface area (Å²) < 4.78 is 27.3. The molecule has 23 heavy (non-hydrogen) atoms. The lowest BCUT2D eigenvalue weighted by Gasteiger charge is -2.09. The summed E-state index contributed by atoms with van der Waals surface area (Å²) in [5.41, 5.74) is 0. The minimum absolute atomic E-state index is 0.273. The molecule has 0 aromatic heterocycles. The molecule has 0 saturated carbocycles. The zero-order chi connectivity index (χ0) is 15.9. The average molecular weight is 316 g/mol. The van der Waals surface area contributed by atoms with Gasteiger partial charge in [0.25, 0.3) is 0 Å². The van der Waals surface area contributed by atoms with Gasteiger partial charge in [0.2, 0.25) is 6.79 Å². The molecule has 0 fully saturated rings. The first-order chi connectivity index (χ1) is 11.3. The molecule has 1 aliphatic rings. The predicted octanol–water partition coefficient (Wildman–Crippen LogP) is 3.66. The van der Waals surface area contributed by atoms with E-state index in [-0.39, 0.29) is 6.79 Å². The Hall–Kier alpha value is -2.56. The molecule has 5 nitrogen and oxygen atoms in total. The van der Waals surface area contributed by atoms with E-state index in [1.165, 1.54) is 0 Å². The van der Waals surface area contributed by atoms with E-state index < -0.39 is 0 Å². The minimum atomic E-state index is 0.273. The molecule has 0 amide bonds. The second kappa shape index (κ2) is 7.63. The van der Waals surface area contributed by atoms with Crippen molar-refractivity contribution in [2.45, 2.75) is 13.3 Å². The molecule has 0 radical (unpaired) electrons. The first-order valence-corrected chi connectivity index (χ1v) is 7.73. The Bertz CT molecular complexity index is 624. The van der Waals surface area contributed by atoms with Gasteiger partial charge in [-0.1, -0.05) is 0 Å². The van der Waals surface area contributed by atoms with Gasteiger partial charge in [-0.25, -0.2) is 0 Å². The van der Waals surface area contributed by atoms with Gasteiger partial charge in [-0.05, 0) is 43.3 Å². The summed E-state index contributed by atoms with van der Waals surface area (Å²) in [5, 5.41) is 0. The van der Waals surface area contributed by atoms with Gasteiger partial charge in [0.05, 0.1) is 19.8 Å². The van der Waals surface area contributed by atoms with Crippen molar-refractivity contribution in [3.63, 3.8) is 0 Å². The minimum Gasteiger partial charge on any atom is -0.494 e. The Morgan fingerprint density at radius 3 is 2.13 bits per heavy atom. The van der Waals surface area contributed by atoms with Crippen LogP contribution in [0.4, 0.5) is 0 Å². The zero-order valence-corrected chi connectivity index (χ0v) is 13.1. The Morgan fingerprint density at radius 1 is 0.783 bits per heavy atom. The molecule has 0 unspecified atom stereocenters. The quantitative estimate of drug-likeness (QED) is 0.696. The van der Waals surface area contributed by atoms with Gasteiger partial charge in [-0.3, -0.25) is 0 Å². The highest BCUT2D eigenvalue weighted by atomic mass is 16.7. The molecule has 0 saturated heterocycles. The van der Waals surface area contributed by atoms with Crippen molar-refractivity contribution in [3.8, 4) is 28.7 Å². The fourth-order valence-electron chi connectivity index (χ4n) is 2.20. The molecule has 0 bridgehead atoms. The SMILES string of the molecule is CCOc1ccc(OCCCOc2ccc3c(c2)OCO3)cc1. The normalized spacial score (nSPS) is 12.0. The van der Waals surface area contributed by atoms with Crippen molar-refractivity contribution < 1.29 is 23.7 Å². The van der Waals surface area contributed by atoms with Gasteiger partial charge in [0, 0.05) is 12.5 Å². The first kappa shape index (κ1) is 15.3. The summed E-state index contributed by atoms with van der Waals surface area (Å²) in [7, 11) is 0. The van der Waals surface area contributed by atoms with Crippen LogP contribution in [-0.4, -0.2) is 26.6 Å². The van der Waals surface area contributed by atoms with Gasteiger partial charge in [-0.2, -0.15) is 0 Å². The third-order valence-corrected chi connectivity index (χ3v) is 3.30. The van der Waals surface area contributed by atoms with Crippen molar-refractivity contribution in [3.05, 3.63) is 42.5 Å². The van der Waals surface area contributed by atoms with Crippen LogP contribution in [0.5, 0.6) is 28.7 Å². The molecule has 5 heteroatoms. The van der Waals surface area contributed by atoms with E-state index in [1.807, 2.05) is 49.4 Å². The molecule has 122 valence electrons. The van der Waals surface area contributed by atoms with Crippen LogP contribution in [0.2, 0.25) is 0 Å². The summed E-state index contributed by atoms with van der Waals surface area (Å²) in [6.45, 7) is 4.08. The topological polar surface area (TPSA) is 46.2 Å². The number of hydrogen-bond acceptors (Lipinski definition) is 5. The second-order valence-corrected chi connectivity index (χ2v) is 4.97. The van der Waals surface area contributed by atoms with Gasteiger partial charge in [0.15, 0.2) is 11.5 Å². The highest BCUT2D eigenvalue weighted by Crippen LogP contribution is 2.35. The molecule has 0 spiro atoms. The van der Waals surface area contributed by atoms with Crippen LogP contribution in [0.3, 0.4) is 0 Å². The third-order valence-electron chi connectivity index (χ3n) is 3.30. The van der Waals surface area contributed by atoms with E-state index in [0.717, 1.165) is 35.2 Å². The van der Waals surface area contributed by atoms with Crippen molar-refractivity contribution >= 4 is 0 Å². The monoisotopic (exact) mass is 316 g/mol. The highest BCUT2D eigenvalue weighted by Gasteiger charge is 2.13. The van der Waals surface area contributed by atoms with Crippen LogP contribution in [0.15, 0.2) is 42.5 Å². The summed E-state index contributed by atoms with van der Waals surface area (Å²) in [4.78, 5) is 0. The van der Waals surface area contributed by atoms with Crippen molar-refractivity contribution in [1.82, 2.24) is 0 Å². The van der Waals surface area contributed by atoms with E-state index in [9.17, 15) is 0 Å². The predicted molar refractivity (Wildman–Crippen MR) is 85.8 cm³/mol. The Kier molecular flexibility index (Phi) is 5.09. The lowest BCUT2D eigenvalue weighted by molar-refractivity contribution is 0.173. The average Bonchev–Trinajstić information content (AvgIpc) is 3.04. The molecule has 3 rings (SSSR count). The van der Waals surface area contributed by atoms with E-state index in [4.69, 9.17) is 23.7 Å². The highest BCUT2D eigenvalue weighted by molar-refractivity contribution is 5.46. The number of rotatable bonds is 8. The van der Waals surface area contributed by atoms with Crippen LogP contribution >= 0.6 is 0 Å². The van der Waals surface area contributed by atoms with E-state index in [0.29, 0.717) is 19.8 Å². The maximum atomic E-state index is 5.68. The third kappa shape index (κ3) is 4.22. The van der Waals surface area contributed by atoms with Crippen LogP contribution in [0.1, 0.15) is 13.3 Å². The summed E-state index contributed by atoms with van der Waals surface area (Å²) in [5.74, 6) is 3.95. The molecule has 0 N–H and O–H groups in total. The van der Waals surface area contributed by atoms with Gasteiger partial charge >= 0.3 is 0 Å². The van der Waals surface area contributed by atoms with Crippen LogP contribution < -0.4 is 23.7 Å². The first-order valence-electron chi connectivity index (χ1n) is 7.73. The Morgan fingerprint density at radius 2 is 1.39 bits per heavy atom. The van der Waals surface area contributed by atoms with Crippen LogP contribution in [0, 0.1) is 0 Å². The number of fused-ring (bicyclic) bond motifs is 1. The summed E-state index contributed by atoms with van der Waals surface area (Å²) in [6, 6.07) is 13.2. The maximum Gasteiger partial charge on any atom is 0.231 e. The molecule has 1 heterocycles. The van der Waals surface area contributed by atoms with Crippen LogP contribution in [-0.2, 0) is 0 Å². The van der Waals surface area contributed by atoms with Crippen molar-refractivity contribution in [1.29, 1.82) is 0 Å². The summed E-state index contributed by atoms with van der Waals surface area (Å²) >= 11 is 0. The molecule has 0 aliphatic carbocycles. The van der Waals surface area contributed by atoms with E-state index in [1.54, 1.807) is 0 Å².